The van der Waals surface area contributed by atoms with Gasteiger partial charge in [-0.1, -0.05) is 0 Å². The molecule has 2 N–H and O–H groups in total. The first kappa shape index (κ1) is 9.73. The number of aryl methyl sites for hydroxylation is 1. The molecule has 13 heavy (non-hydrogen) atoms. The van der Waals surface area contributed by atoms with Crippen molar-refractivity contribution >= 4 is 5.97 Å². The molecule has 0 fully saturated rings. The summed E-state index contributed by atoms with van der Waals surface area (Å²) in [5.41, 5.74) is 0.891. The zero-order chi connectivity index (χ0) is 9.68. The molecule has 0 aliphatic rings. The predicted octanol–water partition coefficient (Wildman–Crippen LogP) is 0.687. The van der Waals surface area contributed by atoms with Crippen LogP contribution in [0.15, 0.2) is 6.07 Å². The minimum atomic E-state index is -1.01. The summed E-state index contributed by atoms with van der Waals surface area (Å²) >= 11 is 0. The molecule has 1 heterocycles. The average molecular weight is 184 g/mol. The van der Waals surface area contributed by atoms with Gasteiger partial charge >= 0.3 is 5.97 Å². The molecule has 0 amide bonds. The molecule has 0 saturated heterocycles. The topological polar surface area (TPSA) is 75.2 Å². The van der Waals surface area contributed by atoms with Crippen LogP contribution in [-0.4, -0.2) is 35.0 Å². The third-order valence-electron chi connectivity index (χ3n) is 1.64. The third kappa shape index (κ3) is 2.87. The van der Waals surface area contributed by atoms with Gasteiger partial charge in [0.2, 0.25) is 0 Å². The van der Waals surface area contributed by atoms with Gasteiger partial charge in [-0.25, -0.2) is 4.79 Å². The minimum absolute atomic E-state index is 0.0624. The standard InChI is InChI=1S/C8H12N2O3/c1-13-4-2-3-6-5-7(8(11)12)10-9-6/h5H,2-4H2,1H3,(H,9,10)(H,11,12). The van der Waals surface area contributed by atoms with Crippen LogP contribution in [0.5, 0.6) is 0 Å². The van der Waals surface area contributed by atoms with Crippen molar-refractivity contribution in [2.24, 2.45) is 0 Å². The summed E-state index contributed by atoms with van der Waals surface area (Å²) in [6.07, 6.45) is 1.62. The second-order valence-electron chi connectivity index (χ2n) is 2.68. The van der Waals surface area contributed by atoms with Gasteiger partial charge in [0.25, 0.3) is 0 Å². The van der Waals surface area contributed by atoms with Gasteiger partial charge in [0.05, 0.1) is 0 Å². The molecule has 1 aromatic rings. The third-order valence-corrected chi connectivity index (χ3v) is 1.64. The highest BCUT2D eigenvalue weighted by atomic mass is 16.5. The largest absolute Gasteiger partial charge is 0.476 e. The lowest BCUT2D eigenvalue weighted by molar-refractivity contribution is 0.0690. The fourth-order valence-electron chi connectivity index (χ4n) is 1.01. The van der Waals surface area contributed by atoms with Gasteiger partial charge in [-0.3, -0.25) is 5.10 Å². The predicted molar refractivity (Wildman–Crippen MR) is 45.7 cm³/mol. The Kier molecular flexibility index (Phi) is 3.45. The lowest BCUT2D eigenvalue weighted by Crippen LogP contribution is -1.95. The highest BCUT2D eigenvalue weighted by molar-refractivity contribution is 5.85. The quantitative estimate of drug-likeness (QED) is 0.660. The molecule has 0 unspecified atom stereocenters. The van der Waals surface area contributed by atoms with Crippen LogP contribution in [0.4, 0.5) is 0 Å². The molecule has 0 saturated carbocycles. The van der Waals surface area contributed by atoms with Crippen LogP contribution in [0.3, 0.4) is 0 Å². The molecule has 0 aromatic carbocycles. The van der Waals surface area contributed by atoms with Crippen molar-refractivity contribution in [2.45, 2.75) is 12.8 Å². The number of aromatic nitrogens is 2. The number of ether oxygens (including phenoxy) is 1. The van der Waals surface area contributed by atoms with E-state index in [1.54, 1.807) is 7.11 Å². The number of hydrogen-bond acceptors (Lipinski definition) is 3. The number of carboxylic acids is 1. The summed E-state index contributed by atoms with van der Waals surface area (Å²) < 4.78 is 4.87. The molecule has 0 spiro atoms. The van der Waals surface area contributed by atoms with E-state index in [0.29, 0.717) is 6.61 Å². The van der Waals surface area contributed by atoms with Crippen LogP contribution in [-0.2, 0) is 11.2 Å². The van der Waals surface area contributed by atoms with Crippen molar-refractivity contribution in [3.05, 3.63) is 17.5 Å². The van der Waals surface area contributed by atoms with Gasteiger partial charge in [0.1, 0.15) is 0 Å². The number of hydrogen-bond donors (Lipinski definition) is 2. The molecule has 0 aliphatic carbocycles. The Bertz CT molecular complexity index is 283. The molecule has 0 atom stereocenters. The number of carbonyl (C=O) groups is 1. The number of methoxy groups -OCH3 is 1. The molecular weight excluding hydrogens is 172 g/mol. The van der Waals surface area contributed by atoms with E-state index < -0.39 is 5.97 Å². The summed E-state index contributed by atoms with van der Waals surface area (Å²) in [6, 6.07) is 1.54. The van der Waals surface area contributed by atoms with Crippen molar-refractivity contribution in [3.8, 4) is 0 Å². The second-order valence-corrected chi connectivity index (χ2v) is 2.68. The van der Waals surface area contributed by atoms with E-state index >= 15 is 0 Å². The number of nitrogens with one attached hydrogen (secondary N) is 1. The van der Waals surface area contributed by atoms with Crippen molar-refractivity contribution < 1.29 is 14.6 Å². The Hall–Kier alpha value is -1.36. The molecule has 0 aliphatic heterocycles. The maximum Gasteiger partial charge on any atom is 0.356 e. The average Bonchev–Trinajstić information content (AvgIpc) is 2.53. The molecule has 1 rings (SSSR count). The Balaban J connectivity index is 2.44. The monoisotopic (exact) mass is 184 g/mol. The van der Waals surface area contributed by atoms with E-state index in [4.69, 9.17) is 9.84 Å². The van der Waals surface area contributed by atoms with Crippen molar-refractivity contribution in [3.63, 3.8) is 0 Å². The lowest BCUT2D eigenvalue weighted by atomic mass is 10.2. The van der Waals surface area contributed by atoms with E-state index in [-0.39, 0.29) is 5.69 Å². The van der Waals surface area contributed by atoms with E-state index in [0.717, 1.165) is 18.5 Å². The Morgan fingerprint density at radius 3 is 3.08 bits per heavy atom. The smallest absolute Gasteiger partial charge is 0.356 e. The van der Waals surface area contributed by atoms with Gasteiger partial charge < -0.3 is 9.84 Å². The summed E-state index contributed by atoms with van der Waals surface area (Å²) in [5.74, 6) is -1.01. The summed E-state index contributed by atoms with van der Waals surface area (Å²) in [5, 5.41) is 14.9. The van der Waals surface area contributed by atoms with Gasteiger partial charge in [0, 0.05) is 19.4 Å². The first-order chi connectivity index (χ1) is 6.24. The Morgan fingerprint density at radius 1 is 1.77 bits per heavy atom. The van der Waals surface area contributed by atoms with Crippen LogP contribution in [0.1, 0.15) is 22.6 Å². The van der Waals surface area contributed by atoms with Crippen LogP contribution < -0.4 is 0 Å². The molecule has 72 valence electrons. The molecule has 1 aromatic heterocycles. The Labute approximate surface area is 75.7 Å². The lowest BCUT2D eigenvalue weighted by Gasteiger charge is -1.95. The fourth-order valence-corrected chi connectivity index (χ4v) is 1.01. The molecule has 0 bridgehead atoms. The molecule has 5 heteroatoms. The first-order valence-corrected chi connectivity index (χ1v) is 4.00. The molecular formula is C8H12N2O3. The van der Waals surface area contributed by atoms with Crippen LogP contribution in [0.25, 0.3) is 0 Å². The number of aromatic amines is 1. The summed E-state index contributed by atoms with van der Waals surface area (Å²) in [7, 11) is 1.63. The van der Waals surface area contributed by atoms with E-state index in [2.05, 4.69) is 10.2 Å². The molecule has 5 nitrogen and oxygen atoms in total. The number of carboxylic acid groups (broad SMARTS) is 1. The number of nitrogens with zero attached hydrogens (tertiary/aromatic N) is 1. The highest BCUT2D eigenvalue weighted by Gasteiger charge is 2.07. The first-order valence-electron chi connectivity index (χ1n) is 4.00. The highest BCUT2D eigenvalue weighted by Crippen LogP contribution is 2.02. The van der Waals surface area contributed by atoms with Crippen molar-refractivity contribution in [2.75, 3.05) is 13.7 Å². The van der Waals surface area contributed by atoms with Crippen LogP contribution in [0, 0.1) is 0 Å². The Morgan fingerprint density at radius 2 is 2.54 bits per heavy atom. The number of H-pyrrole nitrogens is 1. The maximum absolute atomic E-state index is 10.4. The number of rotatable bonds is 5. The van der Waals surface area contributed by atoms with E-state index in [9.17, 15) is 4.79 Å². The maximum atomic E-state index is 10.4. The van der Waals surface area contributed by atoms with E-state index in [1.165, 1.54) is 6.07 Å². The fraction of sp³-hybridized carbons (Fsp3) is 0.500. The molecule has 0 radical (unpaired) electrons. The summed E-state index contributed by atoms with van der Waals surface area (Å²) in [6.45, 7) is 0.668. The van der Waals surface area contributed by atoms with E-state index in [1.807, 2.05) is 0 Å². The van der Waals surface area contributed by atoms with Gasteiger partial charge in [-0.15, -0.1) is 0 Å². The summed E-state index contributed by atoms with van der Waals surface area (Å²) in [4.78, 5) is 10.4. The van der Waals surface area contributed by atoms with Crippen molar-refractivity contribution in [1.82, 2.24) is 10.2 Å². The second kappa shape index (κ2) is 4.61. The van der Waals surface area contributed by atoms with Crippen molar-refractivity contribution in [1.29, 1.82) is 0 Å². The van der Waals surface area contributed by atoms with Gasteiger partial charge in [0.15, 0.2) is 5.69 Å². The number of aromatic carboxylic acids is 1. The zero-order valence-electron chi connectivity index (χ0n) is 7.41. The SMILES string of the molecule is COCCCc1cc(C(=O)O)n[nH]1. The zero-order valence-corrected chi connectivity index (χ0v) is 7.41. The van der Waals surface area contributed by atoms with Gasteiger partial charge in [-0.2, -0.15) is 5.10 Å². The van der Waals surface area contributed by atoms with Crippen LogP contribution >= 0.6 is 0 Å². The van der Waals surface area contributed by atoms with Crippen LogP contribution in [0.2, 0.25) is 0 Å². The van der Waals surface area contributed by atoms with Gasteiger partial charge in [-0.05, 0) is 18.9 Å². The normalized spacial score (nSPS) is 10.2. The minimum Gasteiger partial charge on any atom is -0.476 e.